The molecule has 2 aromatic heterocycles. The minimum absolute atomic E-state index is 0.0653. The van der Waals surface area contributed by atoms with Crippen LogP contribution in [0.2, 0.25) is 0 Å². The molecule has 184 valence electrons. The number of hydrogen-bond donors (Lipinski definition) is 1. The fourth-order valence-electron chi connectivity index (χ4n) is 4.12. The van der Waals surface area contributed by atoms with Crippen molar-refractivity contribution in [1.82, 2.24) is 25.1 Å². The second-order valence-electron chi connectivity index (χ2n) is 8.25. The second-order valence-corrected chi connectivity index (χ2v) is 8.25. The van der Waals surface area contributed by atoms with Crippen molar-refractivity contribution in [2.24, 2.45) is 0 Å². The number of methoxy groups -OCH3 is 1. The Morgan fingerprint density at radius 2 is 1.81 bits per heavy atom. The summed E-state index contributed by atoms with van der Waals surface area (Å²) in [6.07, 6.45) is 10.6. The molecule has 36 heavy (non-hydrogen) atoms. The lowest BCUT2D eigenvalue weighted by Gasteiger charge is -2.29. The van der Waals surface area contributed by atoms with E-state index < -0.39 is 17.9 Å². The molecule has 0 radical (unpaired) electrons. The molecule has 1 N–H and O–H groups in total. The second kappa shape index (κ2) is 11.3. The molecular weight excluding hydrogens is 458 g/mol. The molecule has 9 heteroatoms. The first-order valence-electron chi connectivity index (χ1n) is 11.4. The molecule has 3 heterocycles. The van der Waals surface area contributed by atoms with Crippen LogP contribution in [0, 0.1) is 0 Å². The molecule has 4 rings (SSSR count). The number of aromatic nitrogens is 4. The van der Waals surface area contributed by atoms with E-state index >= 15 is 0 Å². The van der Waals surface area contributed by atoms with Crippen LogP contribution in [-0.2, 0) is 25.6 Å². The molecule has 0 amide bonds. The fourth-order valence-corrected chi connectivity index (χ4v) is 4.12. The summed E-state index contributed by atoms with van der Waals surface area (Å²) in [4.78, 5) is 29.8. The van der Waals surface area contributed by atoms with E-state index in [0.717, 1.165) is 17.7 Å². The number of esters is 2. The van der Waals surface area contributed by atoms with E-state index in [1.54, 1.807) is 44.6 Å². The van der Waals surface area contributed by atoms with E-state index in [9.17, 15) is 9.59 Å². The maximum Gasteiger partial charge on any atom is 0.337 e. The predicted octanol–water partition coefficient (Wildman–Crippen LogP) is 3.39. The standard InChI is InChI=1S/C27H27N5O4/c1-18-23(26(33)35-3)25(22-7-4-12-29-31-22)24(19(2)30-18)27(34)36-15-5-6-20-8-10-21(11-9-20)16-32-14-13-28-17-32/h4-14,17,25,30H,15-16H2,1-3H3/b6-5+. The van der Waals surface area contributed by atoms with Crippen LogP contribution in [0.25, 0.3) is 6.08 Å². The number of benzene rings is 1. The van der Waals surface area contributed by atoms with Gasteiger partial charge in [-0.15, -0.1) is 0 Å². The van der Waals surface area contributed by atoms with Gasteiger partial charge >= 0.3 is 11.9 Å². The monoisotopic (exact) mass is 485 g/mol. The van der Waals surface area contributed by atoms with Gasteiger partial charge in [0, 0.05) is 36.5 Å². The Labute approximate surface area is 209 Å². The van der Waals surface area contributed by atoms with Crippen molar-refractivity contribution in [1.29, 1.82) is 0 Å². The summed E-state index contributed by atoms with van der Waals surface area (Å²) in [5.74, 6) is -1.86. The number of hydrogen-bond acceptors (Lipinski definition) is 8. The number of nitrogens with zero attached hydrogens (tertiary/aromatic N) is 4. The van der Waals surface area contributed by atoms with Gasteiger partial charge in [0.25, 0.3) is 0 Å². The van der Waals surface area contributed by atoms with Crippen LogP contribution in [0.15, 0.2) is 89.9 Å². The molecular formula is C27H27N5O4. The molecule has 3 aromatic rings. The first kappa shape index (κ1) is 24.6. The van der Waals surface area contributed by atoms with Gasteiger partial charge in [-0.2, -0.15) is 10.2 Å². The van der Waals surface area contributed by atoms with Crippen molar-refractivity contribution in [2.45, 2.75) is 26.3 Å². The zero-order valence-electron chi connectivity index (χ0n) is 20.3. The maximum absolute atomic E-state index is 13.2. The summed E-state index contributed by atoms with van der Waals surface area (Å²) < 4.78 is 12.5. The topological polar surface area (TPSA) is 108 Å². The van der Waals surface area contributed by atoms with Crippen molar-refractivity contribution < 1.29 is 19.1 Å². The summed E-state index contributed by atoms with van der Waals surface area (Å²) in [5, 5.41) is 11.2. The lowest BCUT2D eigenvalue weighted by atomic mass is 9.83. The predicted molar refractivity (Wildman–Crippen MR) is 133 cm³/mol. The first-order valence-corrected chi connectivity index (χ1v) is 11.4. The van der Waals surface area contributed by atoms with Gasteiger partial charge in [0.15, 0.2) is 0 Å². The van der Waals surface area contributed by atoms with Gasteiger partial charge in [0.1, 0.15) is 6.61 Å². The van der Waals surface area contributed by atoms with Gasteiger partial charge < -0.3 is 19.4 Å². The van der Waals surface area contributed by atoms with Gasteiger partial charge in [-0.25, -0.2) is 14.6 Å². The average Bonchev–Trinajstić information content (AvgIpc) is 3.40. The highest BCUT2D eigenvalue weighted by molar-refractivity contribution is 5.99. The molecule has 9 nitrogen and oxygen atoms in total. The van der Waals surface area contributed by atoms with E-state index in [-0.39, 0.29) is 6.61 Å². The minimum Gasteiger partial charge on any atom is -0.466 e. The number of imidazole rings is 1. The molecule has 1 unspecified atom stereocenters. The average molecular weight is 486 g/mol. The van der Waals surface area contributed by atoms with E-state index in [4.69, 9.17) is 9.47 Å². The van der Waals surface area contributed by atoms with Crippen LogP contribution in [0.4, 0.5) is 0 Å². The summed E-state index contributed by atoms with van der Waals surface area (Å²) in [6, 6.07) is 11.5. The van der Waals surface area contributed by atoms with Crippen molar-refractivity contribution in [3.63, 3.8) is 0 Å². The number of dihydropyridines is 1. The Morgan fingerprint density at radius 1 is 1.06 bits per heavy atom. The number of carbonyl (C=O) groups excluding carboxylic acids is 2. The van der Waals surface area contributed by atoms with Crippen LogP contribution in [-0.4, -0.2) is 45.4 Å². The lowest BCUT2D eigenvalue weighted by Crippen LogP contribution is -2.32. The SMILES string of the molecule is COC(=O)C1=C(C)NC(C)=C(C(=O)OC/C=C/c2ccc(Cn3ccnc3)cc2)C1c1cccnn1. The molecule has 0 bridgehead atoms. The van der Waals surface area contributed by atoms with Gasteiger partial charge in [-0.3, -0.25) is 0 Å². The number of ether oxygens (including phenoxy) is 2. The molecule has 1 aromatic carbocycles. The molecule has 1 atom stereocenters. The molecule has 0 spiro atoms. The smallest absolute Gasteiger partial charge is 0.337 e. The quantitative estimate of drug-likeness (QED) is 0.484. The van der Waals surface area contributed by atoms with Crippen molar-refractivity contribution in [3.8, 4) is 0 Å². The number of allylic oxidation sites excluding steroid dienone is 2. The Balaban J connectivity index is 1.45. The Morgan fingerprint density at radius 3 is 2.44 bits per heavy atom. The van der Waals surface area contributed by atoms with Gasteiger partial charge in [-0.1, -0.05) is 30.3 Å². The van der Waals surface area contributed by atoms with Gasteiger partial charge in [0.2, 0.25) is 0 Å². The Kier molecular flexibility index (Phi) is 7.69. The highest BCUT2D eigenvalue weighted by Gasteiger charge is 2.38. The maximum atomic E-state index is 13.2. The summed E-state index contributed by atoms with van der Waals surface area (Å²) >= 11 is 0. The summed E-state index contributed by atoms with van der Waals surface area (Å²) in [5.41, 5.74) is 4.35. The molecule has 0 fully saturated rings. The molecule has 0 saturated carbocycles. The number of nitrogens with one attached hydrogen (secondary N) is 1. The third kappa shape index (κ3) is 5.57. The van der Waals surface area contributed by atoms with E-state index in [2.05, 4.69) is 20.5 Å². The van der Waals surface area contributed by atoms with Crippen LogP contribution in [0.5, 0.6) is 0 Å². The molecule has 0 aliphatic carbocycles. The van der Waals surface area contributed by atoms with Crippen LogP contribution < -0.4 is 5.32 Å². The van der Waals surface area contributed by atoms with E-state index in [1.807, 2.05) is 41.1 Å². The Hall–Kier alpha value is -4.53. The normalized spacial score (nSPS) is 15.7. The first-order chi connectivity index (χ1) is 17.5. The highest BCUT2D eigenvalue weighted by atomic mass is 16.5. The minimum atomic E-state index is -0.757. The molecule has 1 aliphatic heterocycles. The lowest BCUT2D eigenvalue weighted by molar-refractivity contribution is -0.138. The number of carbonyl (C=O) groups is 2. The summed E-state index contributed by atoms with van der Waals surface area (Å²) in [6.45, 7) is 4.33. The highest BCUT2D eigenvalue weighted by Crippen LogP contribution is 2.38. The largest absolute Gasteiger partial charge is 0.466 e. The molecule has 0 saturated heterocycles. The zero-order valence-corrected chi connectivity index (χ0v) is 20.3. The van der Waals surface area contributed by atoms with Gasteiger partial charge in [0.05, 0.1) is 36.2 Å². The van der Waals surface area contributed by atoms with Crippen LogP contribution in [0.1, 0.15) is 36.6 Å². The Bertz CT molecular complexity index is 1310. The van der Waals surface area contributed by atoms with E-state index in [0.29, 0.717) is 28.2 Å². The van der Waals surface area contributed by atoms with Crippen LogP contribution in [0.3, 0.4) is 0 Å². The zero-order chi connectivity index (χ0) is 25.5. The van der Waals surface area contributed by atoms with Crippen molar-refractivity contribution in [2.75, 3.05) is 13.7 Å². The van der Waals surface area contributed by atoms with Crippen LogP contribution >= 0.6 is 0 Å². The third-order valence-electron chi connectivity index (χ3n) is 5.80. The fraction of sp³-hybridized carbons (Fsp3) is 0.222. The summed E-state index contributed by atoms with van der Waals surface area (Å²) in [7, 11) is 1.30. The van der Waals surface area contributed by atoms with Crippen molar-refractivity contribution in [3.05, 3.63) is 107 Å². The van der Waals surface area contributed by atoms with Crippen molar-refractivity contribution >= 4 is 18.0 Å². The molecule has 1 aliphatic rings. The number of rotatable bonds is 8. The van der Waals surface area contributed by atoms with E-state index in [1.165, 1.54) is 13.3 Å². The van der Waals surface area contributed by atoms with Gasteiger partial charge in [-0.05, 0) is 43.2 Å². The third-order valence-corrected chi connectivity index (χ3v) is 5.80.